The number of anilines is 1. The van der Waals surface area contributed by atoms with E-state index in [1.807, 2.05) is 18.2 Å². The van der Waals surface area contributed by atoms with E-state index in [0.717, 1.165) is 21.1 Å². The van der Waals surface area contributed by atoms with Crippen molar-refractivity contribution in [1.29, 1.82) is 0 Å². The highest BCUT2D eigenvalue weighted by Gasteiger charge is 2.30. The van der Waals surface area contributed by atoms with Crippen LogP contribution in [0.3, 0.4) is 0 Å². The minimum atomic E-state index is -3.37. The molecule has 1 aliphatic rings. The highest BCUT2D eigenvalue weighted by molar-refractivity contribution is 7.91. The summed E-state index contributed by atoms with van der Waals surface area (Å²) in [5.74, 6) is 0.763. The quantitative estimate of drug-likeness (QED) is 0.680. The van der Waals surface area contributed by atoms with Gasteiger partial charge in [-0.3, -0.25) is 0 Å². The summed E-state index contributed by atoms with van der Waals surface area (Å²) in [4.78, 5) is 6.84. The van der Waals surface area contributed by atoms with E-state index < -0.39 is 10.0 Å². The number of sulfonamides is 1. The van der Waals surface area contributed by atoms with Crippen LogP contribution in [0.2, 0.25) is 0 Å². The summed E-state index contributed by atoms with van der Waals surface area (Å²) in [6.07, 6.45) is 0. The van der Waals surface area contributed by atoms with Crippen molar-refractivity contribution in [3.05, 3.63) is 35.7 Å². The first kappa shape index (κ1) is 16.8. The van der Waals surface area contributed by atoms with Gasteiger partial charge in [0.25, 0.3) is 10.0 Å². The van der Waals surface area contributed by atoms with Crippen LogP contribution in [0, 0.1) is 0 Å². The molecule has 0 atom stereocenters. The number of benzene rings is 1. The summed E-state index contributed by atoms with van der Waals surface area (Å²) in [5.41, 5.74) is 0.860. The topological polar surface area (TPSA) is 62.7 Å². The van der Waals surface area contributed by atoms with Crippen molar-refractivity contribution in [1.82, 2.24) is 9.29 Å². The SMILES string of the molecule is COc1cccc2sc(N3CCN(S(=O)(=O)c4cccs4)CC3)nc12. The van der Waals surface area contributed by atoms with E-state index in [0.29, 0.717) is 30.4 Å². The number of hydrogen-bond donors (Lipinski definition) is 0. The molecule has 6 nitrogen and oxygen atoms in total. The molecular formula is C16H17N3O3S3. The Morgan fingerprint density at radius 2 is 1.92 bits per heavy atom. The van der Waals surface area contributed by atoms with Gasteiger partial charge in [-0.05, 0) is 23.6 Å². The number of methoxy groups -OCH3 is 1. The second-order valence-corrected chi connectivity index (χ2v) is 9.75. The first-order valence-electron chi connectivity index (χ1n) is 7.82. The number of thiophene rings is 1. The van der Waals surface area contributed by atoms with Crippen molar-refractivity contribution >= 4 is 48.0 Å². The maximum atomic E-state index is 12.6. The summed E-state index contributed by atoms with van der Waals surface area (Å²) < 4.78 is 33.6. The fraction of sp³-hybridized carbons (Fsp3) is 0.312. The van der Waals surface area contributed by atoms with Gasteiger partial charge < -0.3 is 9.64 Å². The minimum absolute atomic E-state index is 0.408. The van der Waals surface area contributed by atoms with Gasteiger partial charge in [-0.2, -0.15) is 4.31 Å². The van der Waals surface area contributed by atoms with Gasteiger partial charge in [0.1, 0.15) is 15.5 Å². The average molecular weight is 396 g/mol. The van der Waals surface area contributed by atoms with Crippen LogP contribution >= 0.6 is 22.7 Å². The first-order chi connectivity index (χ1) is 12.1. The summed E-state index contributed by atoms with van der Waals surface area (Å²) in [5, 5.41) is 2.70. The number of piperazine rings is 1. The van der Waals surface area contributed by atoms with Gasteiger partial charge in [-0.1, -0.05) is 23.5 Å². The van der Waals surface area contributed by atoms with E-state index in [1.165, 1.54) is 11.3 Å². The van der Waals surface area contributed by atoms with Crippen LogP contribution in [0.1, 0.15) is 0 Å². The molecule has 0 spiro atoms. The van der Waals surface area contributed by atoms with Crippen LogP contribution in [-0.4, -0.2) is 51.0 Å². The predicted octanol–water partition coefficient (Wildman–Crippen LogP) is 2.88. The Hall–Kier alpha value is -1.68. The number of ether oxygens (including phenoxy) is 1. The largest absolute Gasteiger partial charge is 0.494 e. The molecule has 9 heteroatoms. The maximum absolute atomic E-state index is 12.6. The molecule has 3 heterocycles. The lowest BCUT2D eigenvalue weighted by molar-refractivity contribution is 0.385. The molecule has 1 aromatic carbocycles. The van der Waals surface area contributed by atoms with Crippen molar-refractivity contribution in [2.24, 2.45) is 0 Å². The molecule has 132 valence electrons. The Morgan fingerprint density at radius 3 is 2.60 bits per heavy atom. The number of fused-ring (bicyclic) bond motifs is 1. The standard InChI is InChI=1S/C16H17N3O3S3/c1-22-12-4-2-5-13-15(12)17-16(24-13)18-7-9-19(10-8-18)25(20,21)14-6-3-11-23-14/h2-6,11H,7-10H2,1H3. The van der Waals surface area contributed by atoms with Crippen LogP contribution in [0.25, 0.3) is 10.2 Å². The number of nitrogens with zero attached hydrogens (tertiary/aromatic N) is 3. The van der Waals surface area contributed by atoms with Gasteiger partial charge in [0, 0.05) is 26.2 Å². The van der Waals surface area contributed by atoms with Crippen molar-refractivity contribution < 1.29 is 13.2 Å². The van der Waals surface area contributed by atoms with E-state index in [4.69, 9.17) is 9.72 Å². The zero-order valence-electron chi connectivity index (χ0n) is 13.6. The van der Waals surface area contributed by atoms with E-state index in [9.17, 15) is 8.42 Å². The monoisotopic (exact) mass is 395 g/mol. The van der Waals surface area contributed by atoms with Crippen LogP contribution in [0.4, 0.5) is 5.13 Å². The minimum Gasteiger partial charge on any atom is -0.494 e. The fourth-order valence-electron chi connectivity index (χ4n) is 2.87. The number of thiazole rings is 1. The number of rotatable bonds is 4. The summed E-state index contributed by atoms with van der Waals surface area (Å²) in [7, 11) is -1.73. The van der Waals surface area contributed by atoms with Gasteiger partial charge in [0.2, 0.25) is 0 Å². The van der Waals surface area contributed by atoms with Crippen molar-refractivity contribution in [3.63, 3.8) is 0 Å². The molecule has 0 aliphatic carbocycles. The second-order valence-electron chi connectivity index (χ2n) is 5.63. The van der Waals surface area contributed by atoms with Gasteiger partial charge in [0.15, 0.2) is 5.13 Å². The van der Waals surface area contributed by atoms with E-state index in [2.05, 4.69) is 4.90 Å². The van der Waals surface area contributed by atoms with Crippen LogP contribution in [-0.2, 0) is 10.0 Å². The molecule has 0 unspecified atom stereocenters. The van der Waals surface area contributed by atoms with E-state index >= 15 is 0 Å². The molecule has 0 N–H and O–H groups in total. The fourth-order valence-corrected chi connectivity index (χ4v) is 6.47. The van der Waals surface area contributed by atoms with Crippen LogP contribution in [0.15, 0.2) is 39.9 Å². The van der Waals surface area contributed by atoms with E-state index in [1.54, 1.807) is 40.3 Å². The lowest BCUT2D eigenvalue weighted by Crippen LogP contribution is -2.48. The summed E-state index contributed by atoms with van der Waals surface area (Å²) in [6, 6.07) is 9.30. The van der Waals surface area contributed by atoms with E-state index in [-0.39, 0.29) is 0 Å². The lowest BCUT2D eigenvalue weighted by atomic mass is 10.3. The highest BCUT2D eigenvalue weighted by Crippen LogP contribution is 2.34. The first-order valence-corrected chi connectivity index (χ1v) is 11.0. The zero-order chi connectivity index (χ0) is 17.4. The normalized spacial score (nSPS) is 16.4. The smallest absolute Gasteiger partial charge is 0.252 e. The molecule has 4 rings (SSSR count). The van der Waals surface area contributed by atoms with Crippen molar-refractivity contribution in [2.75, 3.05) is 38.2 Å². The molecule has 1 aliphatic heterocycles. The van der Waals surface area contributed by atoms with Crippen LogP contribution in [0.5, 0.6) is 5.75 Å². The molecule has 3 aromatic rings. The van der Waals surface area contributed by atoms with Crippen molar-refractivity contribution in [3.8, 4) is 5.75 Å². The predicted molar refractivity (Wildman–Crippen MR) is 101 cm³/mol. The molecule has 1 saturated heterocycles. The van der Waals surface area contributed by atoms with Gasteiger partial charge in [-0.25, -0.2) is 13.4 Å². The maximum Gasteiger partial charge on any atom is 0.252 e. The third kappa shape index (κ3) is 3.01. The van der Waals surface area contributed by atoms with Gasteiger partial charge in [-0.15, -0.1) is 11.3 Å². The molecule has 1 fully saturated rings. The Morgan fingerprint density at radius 1 is 1.12 bits per heavy atom. The lowest BCUT2D eigenvalue weighted by Gasteiger charge is -2.33. The molecule has 0 bridgehead atoms. The average Bonchev–Trinajstić information content (AvgIpc) is 3.31. The van der Waals surface area contributed by atoms with Gasteiger partial charge in [0.05, 0.1) is 11.8 Å². The number of hydrogen-bond acceptors (Lipinski definition) is 7. The Bertz CT molecular complexity index is 975. The number of para-hydroxylation sites is 1. The number of aromatic nitrogens is 1. The second kappa shape index (κ2) is 6.56. The third-order valence-electron chi connectivity index (χ3n) is 4.19. The molecule has 2 aromatic heterocycles. The third-order valence-corrected chi connectivity index (χ3v) is 8.54. The molecule has 0 saturated carbocycles. The summed E-state index contributed by atoms with van der Waals surface area (Å²) >= 11 is 2.87. The van der Waals surface area contributed by atoms with Gasteiger partial charge >= 0.3 is 0 Å². The molecule has 25 heavy (non-hydrogen) atoms. The van der Waals surface area contributed by atoms with Crippen molar-refractivity contribution in [2.45, 2.75) is 4.21 Å². The Balaban J connectivity index is 1.53. The Kier molecular flexibility index (Phi) is 4.40. The Labute approximate surface area is 154 Å². The highest BCUT2D eigenvalue weighted by atomic mass is 32.2. The molecule has 0 amide bonds. The molecule has 0 radical (unpaired) electrons. The molecular weight excluding hydrogens is 378 g/mol. The summed E-state index contributed by atoms with van der Waals surface area (Å²) in [6.45, 7) is 2.19. The van der Waals surface area contributed by atoms with Crippen LogP contribution < -0.4 is 9.64 Å². The zero-order valence-corrected chi connectivity index (χ0v) is 16.0.